The smallest absolute Gasteiger partial charge is 0.181 e. The Bertz CT molecular complexity index is 766. The molecule has 4 atom stereocenters. The number of hydrogen-bond acceptors (Lipinski definition) is 8. The Balaban J connectivity index is 1.82. The van der Waals surface area contributed by atoms with Crippen LogP contribution in [0.1, 0.15) is 20.1 Å². The molecule has 0 amide bonds. The van der Waals surface area contributed by atoms with Crippen LogP contribution in [0.15, 0.2) is 11.1 Å². The van der Waals surface area contributed by atoms with Crippen LogP contribution in [-0.4, -0.2) is 55.3 Å². The second kappa shape index (κ2) is 5.08. The van der Waals surface area contributed by atoms with Crippen LogP contribution in [0.4, 0.5) is 5.82 Å². The quantitative estimate of drug-likeness (QED) is 0.720. The van der Waals surface area contributed by atoms with Gasteiger partial charge in [-0.3, -0.25) is 4.57 Å². The van der Waals surface area contributed by atoms with Crippen molar-refractivity contribution in [3.8, 4) is 0 Å². The molecule has 0 spiro atoms. The lowest BCUT2D eigenvalue weighted by molar-refractivity contribution is -0.200. The van der Waals surface area contributed by atoms with Gasteiger partial charge in [0.25, 0.3) is 0 Å². The van der Waals surface area contributed by atoms with Crippen LogP contribution in [0.25, 0.3) is 11.2 Å². The normalized spacial score (nSPS) is 32.5. The molecule has 0 saturated carbocycles. The molecule has 3 N–H and O–H groups in total. The summed E-state index contributed by atoms with van der Waals surface area (Å²) in [5, 5.41) is 9.58. The van der Waals surface area contributed by atoms with Crippen LogP contribution >= 0.6 is 15.9 Å². The predicted molar refractivity (Wildman–Crippen MR) is 82.3 cm³/mol. The molecule has 9 nitrogen and oxygen atoms in total. The minimum Gasteiger partial charge on any atom is -0.394 e. The van der Waals surface area contributed by atoms with Gasteiger partial charge in [0.15, 0.2) is 33.7 Å². The van der Waals surface area contributed by atoms with Gasteiger partial charge in [-0.25, -0.2) is 15.0 Å². The number of hydrogen-bond donors (Lipinski definition) is 2. The fourth-order valence-electron chi connectivity index (χ4n) is 3.14. The maximum atomic E-state index is 9.58. The third kappa shape index (κ3) is 2.24. The summed E-state index contributed by atoms with van der Waals surface area (Å²) >= 11 is 3.41. The van der Waals surface area contributed by atoms with Crippen LogP contribution in [0.3, 0.4) is 0 Å². The maximum Gasteiger partial charge on any atom is 0.181 e. The van der Waals surface area contributed by atoms with Crippen molar-refractivity contribution in [2.45, 2.75) is 44.2 Å². The summed E-state index contributed by atoms with van der Waals surface area (Å²) in [6.45, 7) is 3.49. The summed E-state index contributed by atoms with van der Waals surface area (Å²) in [6, 6.07) is 0. The van der Waals surface area contributed by atoms with E-state index in [1.54, 1.807) is 4.57 Å². The highest BCUT2D eigenvalue weighted by Crippen LogP contribution is 2.44. The van der Waals surface area contributed by atoms with Crippen molar-refractivity contribution < 1.29 is 19.3 Å². The van der Waals surface area contributed by atoms with E-state index in [0.717, 1.165) is 0 Å². The molecule has 0 bridgehead atoms. The SMILES string of the molecule is CC1(C)OC2C(CO)OC(n3c(Br)nc4c(N)ncnc43)C2O1. The van der Waals surface area contributed by atoms with Gasteiger partial charge in [-0.2, -0.15) is 0 Å². The number of rotatable bonds is 2. The van der Waals surface area contributed by atoms with Crippen molar-refractivity contribution in [2.24, 2.45) is 0 Å². The third-order valence-electron chi connectivity index (χ3n) is 4.02. The van der Waals surface area contributed by atoms with Crippen LogP contribution in [0, 0.1) is 0 Å². The summed E-state index contributed by atoms with van der Waals surface area (Å²) in [4.78, 5) is 12.5. The average Bonchev–Trinajstić information content (AvgIpc) is 3.08. The van der Waals surface area contributed by atoms with E-state index in [4.69, 9.17) is 19.9 Å². The zero-order valence-electron chi connectivity index (χ0n) is 12.5. The van der Waals surface area contributed by atoms with Crippen molar-refractivity contribution >= 4 is 32.9 Å². The highest BCUT2D eigenvalue weighted by Gasteiger charge is 2.56. The van der Waals surface area contributed by atoms with Gasteiger partial charge in [0, 0.05) is 0 Å². The number of halogens is 1. The first-order valence-electron chi connectivity index (χ1n) is 7.17. The lowest BCUT2D eigenvalue weighted by Gasteiger charge is -2.24. The Morgan fingerprint density at radius 3 is 2.83 bits per heavy atom. The van der Waals surface area contributed by atoms with Crippen molar-refractivity contribution in [2.75, 3.05) is 12.3 Å². The molecule has 2 aromatic heterocycles. The minimum absolute atomic E-state index is 0.168. The Labute approximate surface area is 139 Å². The van der Waals surface area contributed by atoms with Crippen molar-refractivity contribution in [1.29, 1.82) is 0 Å². The lowest BCUT2D eigenvalue weighted by atomic mass is 10.1. The molecule has 2 fully saturated rings. The third-order valence-corrected chi connectivity index (χ3v) is 4.58. The molecule has 2 aliphatic rings. The molecular formula is C13H16BrN5O4. The molecule has 2 saturated heterocycles. The number of ether oxygens (including phenoxy) is 3. The van der Waals surface area contributed by atoms with Gasteiger partial charge in [-0.1, -0.05) is 0 Å². The second-order valence-electron chi connectivity index (χ2n) is 5.99. The maximum absolute atomic E-state index is 9.58. The predicted octanol–water partition coefficient (Wildman–Crippen LogP) is 0.581. The Hall–Kier alpha value is -1.33. The Morgan fingerprint density at radius 2 is 2.09 bits per heavy atom. The molecular weight excluding hydrogens is 370 g/mol. The van der Waals surface area contributed by atoms with Crippen molar-refractivity contribution in [3.63, 3.8) is 0 Å². The highest BCUT2D eigenvalue weighted by atomic mass is 79.9. The molecule has 10 heteroatoms. The van der Waals surface area contributed by atoms with Gasteiger partial charge in [-0.15, -0.1) is 0 Å². The monoisotopic (exact) mass is 385 g/mol. The topological polar surface area (TPSA) is 118 Å². The summed E-state index contributed by atoms with van der Waals surface area (Å²) in [6.07, 6.45) is -0.438. The van der Waals surface area contributed by atoms with E-state index in [9.17, 15) is 5.11 Å². The number of nitrogens with two attached hydrogens (primary N) is 1. The number of aromatic nitrogens is 4. The van der Waals surface area contributed by atoms with E-state index in [0.29, 0.717) is 15.9 Å². The van der Waals surface area contributed by atoms with Gasteiger partial charge in [0.05, 0.1) is 6.61 Å². The highest BCUT2D eigenvalue weighted by molar-refractivity contribution is 9.10. The molecule has 2 aromatic rings. The number of anilines is 1. The van der Waals surface area contributed by atoms with Gasteiger partial charge in [0.2, 0.25) is 0 Å². The molecule has 4 heterocycles. The first kappa shape index (κ1) is 15.2. The van der Waals surface area contributed by atoms with Crippen LogP contribution < -0.4 is 5.73 Å². The van der Waals surface area contributed by atoms with Gasteiger partial charge >= 0.3 is 0 Å². The van der Waals surface area contributed by atoms with E-state index in [1.165, 1.54) is 6.33 Å². The zero-order valence-corrected chi connectivity index (χ0v) is 14.1. The van der Waals surface area contributed by atoms with Crippen LogP contribution in [0.5, 0.6) is 0 Å². The molecule has 124 valence electrons. The van der Waals surface area contributed by atoms with E-state index in [2.05, 4.69) is 30.9 Å². The largest absolute Gasteiger partial charge is 0.394 e. The molecule has 2 aliphatic heterocycles. The molecule has 23 heavy (non-hydrogen) atoms. The lowest BCUT2D eigenvalue weighted by Crippen LogP contribution is -2.31. The summed E-state index contributed by atoms with van der Waals surface area (Å²) < 4.78 is 20.0. The number of nitrogens with zero attached hydrogens (tertiary/aromatic N) is 4. The summed E-state index contributed by atoms with van der Waals surface area (Å²) in [7, 11) is 0. The van der Waals surface area contributed by atoms with Gasteiger partial charge in [-0.05, 0) is 29.8 Å². The molecule has 4 unspecified atom stereocenters. The molecule has 0 radical (unpaired) electrons. The van der Waals surface area contributed by atoms with E-state index >= 15 is 0 Å². The first-order valence-corrected chi connectivity index (χ1v) is 7.96. The molecule has 4 rings (SSSR count). The number of aliphatic hydroxyl groups is 1. The van der Waals surface area contributed by atoms with Crippen molar-refractivity contribution in [3.05, 3.63) is 11.1 Å². The Kier molecular flexibility index (Phi) is 3.36. The standard InChI is InChI=1S/C13H16BrN5O4/c1-13(2)22-7-5(3-20)21-11(8(7)23-13)19-10-6(18-12(19)14)9(15)16-4-17-10/h4-5,7-8,11,20H,3H2,1-2H3,(H2,15,16,17). The van der Waals surface area contributed by atoms with Gasteiger partial charge in [0.1, 0.15) is 24.6 Å². The summed E-state index contributed by atoms with van der Waals surface area (Å²) in [5.41, 5.74) is 6.86. The average molecular weight is 386 g/mol. The zero-order chi connectivity index (χ0) is 16.4. The number of nitrogen functional groups attached to an aromatic ring is 1. The molecule has 0 aliphatic carbocycles. The fourth-order valence-corrected chi connectivity index (χ4v) is 3.69. The molecule has 0 aromatic carbocycles. The number of imidazole rings is 1. The first-order chi connectivity index (χ1) is 10.9. The minimum atomic E-state index is -0.748. The van der Waals surface area contributed by atoms with Gasteiger partial charge < -0.3 is 25.1 Å². The van der Waals surface area contributed by atoms with E-state index < -0.39 is 24.2 Å². The van der Waals surface area contributed by atoms with Crippen LogP contribution in [0.2, 0.25) is 0 Å². The van der Waals surface area contributed by atoms with Crippen molar-refractivity contribution in [1.82, 2.24) is 19.5 Å². The second-order valence-corrected chi connectivity index (χ2v) is 6.70. The summed E-state index contributed by atoms with van der Waals surface area (Å²) in [5.74, 6) is -0.464. The number of aliphatic hydroxyl groups excluding tert-OH is 1. The van der Waals surface area contributed by atoms with Crippen LogP contribution in [-0.2, 0) is 14.2 Å². The Morgan fingerprint density at radius 1 is 1.35 bits per heavy atom. The van der Waals surface area contributed by atoms with E-state index in [-0.39, 0.29) is 18.5 Å². The number of fused-ring (bicyclic) bond motifs is 2. The van der Waals surface area contributed by atoms with E-state index in [1.807, 2.05) is 13.8 Å². The fraction of sp³-hybridized carbons (Fsp3) is 0.615.